The molecule has 3 saturated heterocycles. The van der Waals surface area contributed by atoms with Crippen LogP contribution in [0, 0.1) is 5.92 Å². The summed E-state index contributed by atoms with van der Waals surface area (Å²) in [5.41, 5.74) is 0. The molecule has 3 fully saturated rings. The lowest BCUT2D eigenvalue weighted by molar-refractivity contribution is -0.138. The highest BCUT2D eigenvalue weighted by Gasteiger charge is 2.38. The number of ether oxygens (including phenoxy) is 1. The summed E-state index contributed by atoms with van der Waals surface area (Å²) in [5.74, 6) is 0.119. The average molecular weight is 397 g/mol. The second-order valence-corrected chi connectivity index (χ2v) is 6.78. The minimum Gasteiger partial charge on any atom is -0.379 e. The van der Waals surface area contributed by atoms with Gasteiger partial charge in [-0.2, -0.15) is 0 Å². The van der Waals surface area contributed by atoms with E-state index >= 15 is 0 Å². The molecule has 7 nitrogen and oxygen atoms in total. The van der Waals surface area contributed by atoms with Crippen LogP contribution in [-0.2, 0) is 14.3 Å². The molecule has 0 bridgehead atoms. The Bertz CT molecular complexity index is 449. The van der Waals surface area contributed by atoms with Crippen molar-refractivity contribution in [1.29, 1.82) is 0 Å². The van der Waals surface area contributed by atoms with Crippen LogP contribution < -0.4 is 5.32 Å². The highest BCUT2D eigenvalue weighted by molar-refractivity contribution is 5.89. The van der Waals surface area contributed by atoms with Crippen LogP contribution in [0.5, 0.6) is 0 Å². The lowest BCUT2D eigenvalue weighted by atomic mass is 10.1. The minimum absolute atomic E-state index is 0. The molecule has 0 aromatic carbocycles. The molecule has 0 spiro atoms. The van der Waals surface area contributed by atoms with Gasteiger partial charge >= 0.3 is 0 Å². The number of hydrogen-bond donors (Lipinski definition) is 1. The second-order valence-electron chi connectivity index (χ2n) is 6.78. The van der Waals surface area contributed by atoms with Gasteiger partial charge in [0.15, 0.2) is 0 Å². The number of carbonyl (C=O) groups is 2. The van der Waals surface area contributed by atoms with Crippen molar-refractivity contribution in [2.45, 2.75) is 19.4 Å². The zero-order valence-electron chi connectivity index (χ0n) is 14.8. The first-order chi connectivity index (χ1) is 11.1. The van der Waals surface area contributed by atoms with E-state index in [0.29, 0.717) is 13.0 Å². The minimum atomic E-state index is -0.160. The molecule has 0 aromatic rings. The monoisotopic (exact) mass is 396 g/mol. The predicted octanol–water partition coefficient (Wildman–Crippen LogP) is -0.169. The van der Waals surface area contributed by atoms with Crippen LogP contribution in [0.15, 0.2) is 0 Å². The lowest BCUT2D eigenvalue weighted by Crippen LogP contribution is -2.54. The first kappa shape index (κ1) is 22.4. The number of halogens is 2. The van der Waals surface area contributed by atoms with Gasteiger partial charge in [-0.1, -0.05) is 0 Å². The molecule has 3 aliphatic rings. The van der Waals surface area contributed by atoms with Crippen LogP contribution in [0.1, 0.15) is 13.3 Å². The van der Waals surface area contributed by atoms with Gasteiger partial charge in [0.1, 0.15) is 0 Å². The van der Waals surface area contributed by atoms with Crippen LogP contribution in [0.3, 0.4) is 0 Å². The van der Waals surface area contributed by atoms with Crippen molar-refractivity contribution < 1.29 is 14.3 Å². The molecule has 0 aliphatic carbocycles. The van der Waals surface area contributed by atoms with Crippen molar-refractivity contribution in [2.75, 3.05) is 65.6 Å². The van der Waals surface area contributed by atoms with E-state index in [-0.39, 0.29) is 48.6 Å². The molecule has 2 atom stereocenters. The third kappa shape index (κ3) is 5.69. The highest BCUT2D eigenvalue weighted by Crippen LogP contribution is 2.21. The smallest absolute Gasteiger partial charge is 0.228 e. The molecule has 2 amide bonds. The molecule has 3 rings (SSSR count). The topological polar surface area (TPSA) is 65.1 Å². The Morgan fingerprint density at radius 2 is 1.92 bits per heavy atom. The van der Waals surface area contributed by atoms with Gasteiger partial charge in [0.05, 0.1) is 19.1 Å². The van der Waals surface area contributed by atoms with Crippen LogP contribution in [0.25, 0.3) is 0 Å². The number of nitrogens with zero attached hydrogens (tertiary/aromatic N) is 3. The average Bonchev–Trinajstić information content (AvgIpc) is 2.95. The van der Waals surface area contributed by atoms with Gasteiger partial charge < -0.3 is 19.9 Å². The molecule has 0 radical (unpaired) electrons. The van der Waals surface area contributed by atoms with Gasteiger partial charge in [0, 0.05) is 64.8 Å². The molecule has 3 aliphatic heterocycles. The number of carbonyl (C=O) groups excluding carboxylic acids is 2. The molecule has 0 saturated carbocycles. The summed E-state index contributed by atoms with van der Waals surface area (Å²) in [6.45, 7) is 10.1. The van der Waals surface area contributed by atoms with Crippen molar-refractivity contribution in [2.24, 2.45) is 5.92 Å². The summed E-state index contributed by atoms with van der Waals surface area (Å²) < 4.78 is 5.34. The number of hydrogen-bond acceptors (Lipinski definition) is 5. The van der Waals surface area contributed by atoms with E-state index in [1.54, 1.807) is 0 Å². The van der Waals surface area contributed by atoms with Crippen LogP contribution in [0.4, 0.5) is 0 Å². The summed E-state index contributed by atoms with van der Waals surface area (Å²) in [6, 6.07) is 0.216. The van der Waals surface area contributed by atoms with Crippen LogP contribution in [0.2, 0.25) is 0 Å². The van der Waals surface area contributed by atoms with E-state index in [2.05, 4.69) is 17.1 Å². The van der Waals surface area contributed by atoms with Gasteiger partial charge in [-0.3, -0.25) is 14.5 Å². The van der Waals surface area contributed by atoms with Gasteiger partial charge in [0.25, 0.3) is 0 Å². The Hall–Kier alpha value is -0.600. The fourth-order valence-electron chi connectivity index (χ4n) is 3.64. The number of morpholine rings is 1. The fourth-order valence-corrected chi connectivity index (χ4v) is 3.64. The SMILES string of the molecule is CC1CNCCN1C(=O)C1CC(=O)N(CCN2CCOCC2)C1.Cl.Cl. The number of nitrogens with one attached hydrogen (secondary N) is 1. The van der Waals surface area contributed by atoms with E-state index in [1.165, 1.54) is 0 Å². The molecule has 25 heavy (non-hydrogen) atoms. The zero-order chi connectivity index (χ0) is 16.2. The van der Waals surface area contributed by atoms with Crippen molar-refractivity contribution in [3.63, 3.8) is 0 Å². The summed E-state index contributed by atoms with van der Waals surface area (Å²) in [5, 5.41) is 3.30. The number of likely N-dealkylation sites (tertiary alicyclic amines) is 1. The van der Waals surface area contributed by atoms with Gasteiger partial charge in [-0.25, -0.2) is 0 Å². The zero-order valence-corrected chi connectivity index (χ0v) is 16.4. The van der Waals surface area contributed by atoms with E-state index in [1.807, 2.05) is 9.80 Å². The van der Waals surface area contributed by atoms with E-state index < -0.39 is 0 Å². The maximum atomic E-state index is 12.7. The molecule has 0 aromatic heterocycles. The number of rotatable bonds is 4. The first-order valence-corrected chi connectivity index (χ1v) is 8.74. The van der Waals surface area contributed by atoms with Gasteiger partial charge in [-0.05, 0) is 6.92 Å². The molecule has 1 N–H and O–H groups in total. The maximum Gasteiger partial charge on any atom is 0.228 e. The number of piperazine rings is 1. The molecule has 9 heteroatoms. The Morgan fingerprint density at radius 3 is 2.60 bits per heavy atom. The standard InChI is InChI=1S/C16H28N4O3.2ClH/c1-13-11-17-2-3-20(13)16(22)14-10-15(21)19(12-14)5-4-18-6-8-23-9-7-18;;/h13-14,17H,2-12H2,1H3;2*1H. The third-order valence-electron chi connectivity index (χ3n) is 5.14. The third-order valence-corrected chi connectivity index (χ3v) is 5.14. The molecular weight excluding hydrogens is 367 g/mol. The van der Waals surface area contributed by atoms with E-state index in [4.69, 9.17) is 4.74 Å². The summed E-state index contributed by atoms with van der Waals surface area (Å²) in [4.78, 5) is 31.1. The van der Waals surface area contributed by atoms with E-state index in [9.17, 15) is 9.59 Å². The van der Waals surface area contributed by atoms with E-state index in [0.717, 1.165) is 59.0 Å². The Morgan fingerprint density at radius 1 is 1.20 bits per heavy atom. The predicted molar refractivity (Wildman–Crippen MR) is 100 cm³/mol. The van der Waals surface area contributed by atoms with Gasteiger partial charge in [0.2, 0.25) is 11.8 Å². The quantitative estimate of drug-likeness (QED) is 0.714. The summed E-state index contributed by atoms with van der Waals surface area (Å²) in [6.07, 6.45) is 0.374. The van der Waals surface area contributed by atoms with Crippen LogP contribution >= 0.6 is 24.8 Å². The van der Waals surface area contributed by atoms with Gasteiger partial charge in [-0.15, -0.1) is 24.8 Å². The van der Waals surface area contributed by atoms with Crippen molar-refractivity contribution in [1.82, 2.24) is 20.0 Å². The molecule has 146 valence electrons. The summed E-state index contributed by atoms with van der Waals surface area (Å²) >= 11 is 0. The molecule has 3 heterocycles. The van der Waals surface area contributed by atoms with Crippen LogP contribution in [-0.4, -0.2) is 98.1 Å². The van der Waals surface area contributed by atoms with Crippen molar-refractivity contribution in [3.05, 3.63) is 0 Å². The Labute approximate surface area is 162 Å². The largest absolute Gasteiger partial charge is 0.379 e. The van der Waals surface area contributed by atoms with Crippen molar-refractivity contribution in [3.8, 4) is 0 Å². The Balaban J connectivity index is 0.00000156. The molecule has 2 unspecified atom stereocenters. The Kier molecular flexibility index (Phi) is 9.45. The normalized spacial score (nSPS) is 27.6. The summed E-state index contributed by atoms with van der Waals surface area (Å²) in [7, 11) is 0. The fraction of sp³-hybridized carbons (Fsp3) is 0.875. The lowest BCUT2D eigenvalue weighted by Gasteiger charge is -2.35. The maximum absolute atomic E-state index is 12.7. The van der Waals surface area contributed by atoms with Crippen molar-refractivity contribution >= 4 is 36.6 Å². The second kappa shape index (κ2) is 10.5. The molecular formula is C16H30Cl2N4O3. The number of amides is 2. The highest BCUT2D eigenvalue weighted by atomic mass is 35.5. The first-order valence-electron chi connectivity index (χ1n) is 8.74.